The van der Waals surface area contributed by atoms with Crippen molar-refractivity contribution in [3.63, 3.8) is 0 Å². The molecule has 144 valence electrons. The fourth-order valence-corrected chi connectivity index (χ4v) is 3.99. The van der Waals surface area contributed by atoms with Crippen LogP contribution >= 0.6 is 15.9 Å². The maximum atomic E-state index is 12.5. The van der Waals surface area contributed by atoms with E-state index in [0.717, 1.165) is 37.8 Å². The van der Waals surface area contributed by atoms with Crippen LogP contribution in [0.5, 0.6) is 0 Å². The summed E-state index contributed by atoms with van der Waals surface area (Å²) in [6, 6.07) is 7.57. The molecule has 0 N–H and O–H groups in total. The van der Waals surface area contributed by atoms with Crippen molar-refractivity contribution in [2.75, 3.05) is 49.1 Å². The Bertz CT molecular complexity index is 763. The summed E-state index contributed by atoms with van der Waals surface area (Å²) < 4.78 is 5.95. The molecule has 0 bridgehead atoms. The molecule has 0 aliphatic carbocycles. The van der Waals surface area contributed by atoms with Gasteiger partial charge in [-0.15, -0.1) is 10.2 Å². The van der Waals surface area contributed by atoms with Gasteiger partial charge in [0, 0.05) is 39.3 Å². The minimum atomic E-state index is -0.0667. The summed E-state index contributed by atoms with van der Waals surface area (Å²) in [5.74, 6) is 2.15. The van der Waals surface area contributed by atoms with Gasteiger partial charge in [0.2, 0.25) is 0 Å². The number of furan rings is 1. The summed E-state index contributed by atoms with van der Waals surface area (Å²) in [5.41, 5.74) is 0. The molecule has 2 aliphatic rings. The van der Waals surface area contributed by atoms with Crippen molar-refractivity contribution in [1.82, 2.24) is 15.1 Å². The highest BCUT2D eigenvalue weighted by Gasteiger charge is 2.25. The smallest absolute Gasteiger partial charge is 0.289 e. The lowest BCUT2D eigenvalue weighted by atomic mass is 10.2. The molecule has 2 saturated heterocycles. The zero-order chi connectivity index (χ0) is 18.6. The van der Waals surface area contributed by atoms with Gasteiger partial charge in [0.05, 0.1) is 0 Å². The second-order valence-electron chi connectivity index (χ2n) is 7.03. The molecule has 0 atom stereocenters. The SMILES string of the molecule is O=C(c1ccc(Br)o1)N1CCN(c2ccc(N3CCCCCC3)nn2)CC1. The molecule has 8 heteroatoms. The lowest BCUT2D eigenvalue weighted by Gasteiger charge is -2.34. The Labute approximate surface area is 167 Å². The average Bonchev–Trinajstić information content (AvgIpc) is 2.97. The summed E-state index contributed by atoms with van der Waals surface area (Å²) in [7, 11) is 0. The first-order valence-electron chi connectivity index (χ1n) is 9.59. The number of carbonyl (C=O) groups is 1. The summed E-state index contributed by atoms with van der Waals surface area (Å²) in [5, 5.41) is 8.90. The van der Waals surface area contributed by atoms with Crippen LogP contribution in [0.4, 0.5) is 11.6 Å². The first-order valence-corrected chi connectivity index (χ1v) is 10.4. The van der Waals surface area contributed by atoms with E-state index in [-0.39, 0.29) is 5.91 Å². The van der Waals surface area contributed by atoms with Crippen molar-refractivity contribution in [3.05, 3.63) is 34.7 Å². The van der Waals surface area contributed by atoms with Gasteiger partial charge in [-0.25, -0.2) is 0 Å². The second kappa shape index (κ2) is 8.29. The van der Waals surface area contributed by atoms with Gasteiger partial charge in [0.25, 0.3) is 5.91 Å². The third-order valence-corrected chi connectivity index (χ3v) is 5.67. The topological polar surface area (TPSA) is 65.7 Å². The number of halogens is 1. The Morgan fingerprint density at radius 1 is 0.815 bits per heavy atom. The lowest BCUT2D eigenvalue weighted by Crippen LogP contribution is -2.49. The zero-order valence-electron chi connectivity index (χ0n) is 15.3. The fourth-order valence-electron chi connectivity index (χ4n) is 3.68. The number of aromatic nitrogens is 2. The van der Waals surface area contributed by atoms with Gasteiger partial charge in [-0.1, -0.05) is 12.8 Å². The van der Waals surface area contributed by atoms with Crippen LogP contribution in [0, 0.1) is 0 Å². The standard InChI is InChI=1S/C19H24BrN5O2/c20-16-6-5-15(27-16)19(26)25-13-11-24(12-14-25)18-8-7-17(21-22-18)23-9-3-1-2-4-10-23/h5-8H,1-4,9-14H2. The van der Waals surface area contributed by atoms with Crippen molar-refractivity contribution in [2.45, 2.75) is 25.7 Å². The molecule has 2 aliphatic heterocycles. The summed E-state index contributed by atoms with van der Waals surface area (Å²) in [6.07, 6.45) is 5.07. The van der Waals surface area contributed by atoms with E-state index in [2.05, 4.69) is 42.0 Å². The van der Waals surface area contributed by atoms with Gasteiger partial charge in [0.1, 0.15) is 0 Å². The quantitative estimate of drug-likeness (QED) is 0.740. The van der Waals surface area contributed by atoms with Crippen molar-refractivity contribution in [3.8, 4) is 0 Å². The number of carbonyl (C=O) groups excluding carboxylic acids is 1. The van der Waals surface area contributed by atoms with Gasteiger partial charge >= 0.3 is 0 Å². The van der Waals surface area contributed by atoms with Crippen LogP contribution in [-0.2, 0) is 0 Å². The van der Waals surface area contributed by atoms with Gasteiger partial charge in [-0.3, -0.25) is 4.79 Å². The van der Waals surface area contributed by atoms with Crippen LogP contribution in [0.3, 0.4) is 0 Å². The maximum absolute atomic E-state index is 12.5. The molecule has 0 aromatic carbocycles. The Morgan fingerprint density at radius 3 is 1.93 bits per heavy atom. The fraction of sp³-hybridized carbons (Fsp3) is 0.526. The molecule has 4 heterocycles. The van der Waals surface area contributed by atoms with Gasteiger partial charge in [-0.05, 0) is 53.0 Å². The lowest BCUT2D eigenvalue weighted by molar-refractivity contribution is 0.0713. The van der Waals surface area contributed by atoms with Crippen molar-refractivity contribution >= 4 is 33.5 Å². The summed E-state index contributed by atoms with van der Waals surface area (Å²) in [4.78, 5) is 18.8. The highest BCUT2D eigenvalue weighted by Crippen LogP contribution is 2.21. The maximum Gasteiger partial charge on any atom is 0.289 e. The summed E-state index contributed by atoms with van der Waals surface area (Å²) in [6.45, 7) is 4.91. The molecule has 0 unspecified atom stereocenters. The number of anilines is 2. The summed E-state index contributed by atoms with van der Waals surface area (Å²) >= 11 is 3.24. The molecule has 1 amide bonds. The molecule has 2 fully saturated rings. The van der Waals surface area contributed by atoms with Crippen LogP contribution in [0.2, 0.25) is 0 Å². The molecular weight excluding hydrogens is 410 g/mol. The Balaban J connectivity index is 1.34. The number of rotatable bonds is 3. The van der Waals surface area contributed by atoms with Crippen molar-refractivity contribution < 1.29 is 9.21 Å². The van der Waals surface area contributed by atoms with Gasteiger partial charge in [0.15, 0.2) is 22.1 Å². The normalized spacial score (nSPS) is 18.5. The third-order valence-electron chi connectivity index (χ3n) is 5.24. The van der Waals surface area contributed by atoms with Crippen molar-refractivity contribution in [2.24, 2.45) is 0 Å². The molecule has 0 radical (unpaired) electrons. The molecule has 0 spiro atoms. The minimum absolute atomic E-state index is 0.0667. The first-order chi connectivity index (χ1) is 13.2. The number of hydrogen-bond acceptors (Lipinski definition) is 6. The second-order valence-corrected chi connectivity index (χ2v) is 7.82. The largest absolute Gasteiger partial charge is 0.444 e. The minimum Gasteiger partial charge on any atom is -0.444 e. The first kappa shape index (κ1) is 18.3. The van der Waals surface area contributed by atoms with E-state index in [1.165, 1.54) is 25.7 Å². The van der Waals surface area contributed by atoms with E-state index in [1.54, 1.807) is 12.1 Å². The number of piperazine rings is 1. The van der Waals surface area contributed by atoms with Crippen LogP contribution in [0.25, 0.3) is 0 Å². The van der Waals surface area contributed by atoms with E-state index in [4.69, 9.17) is 4.42 Å². The Hall–Kier alpha value is -2.09. The van der Waals surface area contributed by atoms with Crippen LogP contribution in [0.1, 0.15) is 36.2 Å². The van der Waals surface area contributed by atoms with Gasteiger partial charge in [-0.2, -0.15) is 0 Å². The number of amides is 1. The predicted octanol–water partition coefficient (Wildman–Crippen LogP) is 3.17. The average molecular weight is 434 g/mol. The third kappa shape index (κ3) is 4.26. The molecule has 2 aromatic rings. The molecular formula is C19H24BrN5O2. The molecule has 7 nitrogen and oxygen atoms in total. The van der Waals surface area contributed by atoms with Crippen LogP contribution in [0.15, 0.2) is 33.4 Å². The number of hydrogen-bond donors (Lipinski definition) is 0. The molecule has 0 saturated carbocycles. The molecule has 27 heavy (non-hydrogen) atoms. The van der Waals surface area contributed by atoms with E-state index >= 15 is 0 Å². The van der Waals surface area contributed by atoms with E-state index in [0.29, 0.717) is 23.5 Å². The zero-order valence-corrected chi connectivity index (χ0v) is 16.9. The number of nitrogens with zero attached hydrogens (tertiary/aromatic N) is 5. The van der Waals surface area contributed by atoms with E-state index in [1.807, 2.05) is 11.0 Å². The Kier molecular flexibility index (Phi) is 5.61. The highest BCUT2D eigenvalue weighted by molar-refractivity contribution is 9.10. The van der Waals surface area contributed by atoms with Crippen molar-refractivity contribution in [1.29, 1.82) is 0 Å². The van der Waals surface area contributed by atoms with Crippen LogP contribution < -0.4 is 9.80 Å². The Morgan fingerprint density at radius 2 is 1.41 bits per heavy atom. The molecule has 2 aromatic heterocycles. The van der Waals surface area contributed by atoms with E-state index < -0.39 is 0 Å². The van der Waals surface area contributed by atoms with Gasteiger partial charge < -0.3 is 19.1 Å². The van der Waals surface area contributed by atoms with Crippen LogP contribution in [-0.4, -0.2) is 60.3 Å². The highest BCUT2D eigenvalue weighted by atomic mass is 79.9. The monoisotopic (exact) mass is 433 g/mol. The molecule has 4 rings (SSSR count). The van der Waals surface area contributed by atoms with E-state index in [9.17, 15) is 4.79 Å². The predicted molar refractivity (Wildman–Crippen MR) is 107 cm³/mol.